The van der Waals surface area contributed by atoms with E-state index in [2.05, 4.69) is 26.2 Å². The molecule has 0 aromatic carbocycles. The van der Waals surface area contributed by atoms with Gasteiger partial charge in [0.1, 0.15) is 0 Å². The van der Waals surface area contributed by atoms with Crippen molar-refractivity contribution >= 4 is 28.4 Å². The highest BCUT2D eigenvalue weighted by atomic mass is 79.9. The number of hydrogen-bond donors (Lipinski definition) is 2. The largest absolute Gasteiger partial charge is 0.411 e. The first-order valence-corrected chi connectivity index (χ1v) is 7.63. The predicted molar refractivity (Wildman–Crippen MR) is 84.6 cm³/mol. The predicted octanol–water partition coefficient (Wildman–Crippen LogP) is 1.86. The van der Waals surface area contributed by atoms with Gasteiger partial charge in [-0.05, 0) is 28.1 Å². The number of nitrogens with zero attached hydrogens (tertiary/aromatic N) is 4. The second-order valence-electron chi connectivity index (χ2n) is 4.67. The quantitative estimate of drug-likeness (QED) is 0.270. The number of halogens is 1. The van der Waals surface area contributed by atoms with Gasteiger partial charge in [-0.1, -0.05) is 10.3 Å². The van der Waals surface area contributed by atoms with E-state index in [9.17, 15) is 0 Å². The van der Waals surface area contributed by atoms with Crippen LogP contribution in [0.5, 0.6) is 0 Å². The normalized spacial score (nSPS) is 13.0. The number of pyridine rings is 2. The molecule has 0 bridgehead atoms. The van der Waals surface area contributed by atoms with Gasteiger partial charge in [-0.3, -0.25) is 0 Å². The van der Waals surface area contributed by atoms with Gasteiger partial charge in [0, 0.05) is 12.1 Å². The van der Waals surface area contributed by atoms with Gasteiger partial charge in [0.2, 0.25) is 4.95 Å². The summed E-state index contributed by atoms with van der Waals surface area (Å²) in [5.74, 6) is 0. The summed E-state index contributed by atoms with van der Waals surface area (Å²) in [6.07, 6.45) is 11.4. The fraction of sp³-hybridized carbons (Fsp3) is 0.200. The van der Waals surface area contributed by atoms with E-state index in [4.69, 9.17) is 10.4 Å². The lowest BCUT2D eigenvalue weighted by molar-refractivity contribution is -0.727. The molecule has 0 aliphatic rings. The Hall–Kier alpha value is -2.28. The number of alkyl halides is 1. The topological polar surface area (TPSA) is 72.9 Å². The second kappa shape index (κ2) is 8.23. The lowest BCUT2D eigenvalue weighted by Gasteiger charge is -2.04. The van der Waals surface area contributed by atoms with Crippen molar-refractivity contribution in [3.05, 3.63) is 60.2 Å². The first-order chi connectivity index (χ1) is 10.7. The van der Waals surface area contributed by atoms with Gasteiger partial charge in [0.15, 0.2) is 31.3 Å². The Bertz CT molecular complexity index is 676. The first-order valence-electron chi connectivity index (χ1n) is 6.72. The van der Waals surface area contributed by atoms with E-state index in [0.29, 0.717) is 0 Å². The summed E-state index contributed by atoms with van der Waals surface area (Å²) >= 11 is 3.65. The molecule has 7 heteroatoms. The zero-order chi connectivity index (χ0) is 15.8. The van der Waals surface area contributed by atoms with Gasteiger partial charge >= 0.3 is 0 Å². The molecule has 2 rings (SSSR count). The Balaban J connectivity index is 2.01. The molecule has 0 spiro atoms. The lowest BCUT2D eigenvalue weighted by Crippen LogP contribution is -2.40. The van der Waals surface area contributed by atoms with Gasteiger partial charge in [0.25, 0.3) is 0 Å². The van der Waals surface area contributed by atoms with Crippen LogP contribution in [0.25, 0.3) is 0 Å². The van der Waals surface area contributed by atoms with E-state index >= 15 is 0 Å². The average molecular weight is 365 g/mol. The summed E-state index contributed by atoms with van der Waals surface area (Å²) in [5, 5.41) is 23.2. The van der Waals surface area contributed by atoms with Crippen LogP contribution in [-0.4, -0.2) is 22.8 Å². The second-order valence-corrected chi connectivity index (χ2v) is 5.73. The molecule has 0 amide bonds. The maximum atomic E-state index is 8.59. The van der Waals surface area contributed by atoms with Crippen LogP contribution in [0.3, 0.4) is 0 Å². The smallest absolute Gasteiger partial charge is 0.218 e. The zero-order valence-corrected chi connectivity index (χ0v) is 13.4. The third-order valence-electron chi connectivity index (χ3n) is 3.09. The van der Waals surface area contributed by atoms with Crippen molar-refractivity contribution in [2.45, 2.75) is 17.9 Å². The minimum absolute atomic E-state index is 0.113. The van der Waals surface area contributed by atoms with Crippen LogP contribution in [-0.2, 0) is 6.54 Å². The Labute approximate surface area is 136 Å². The Morgan fingerprint density at radius 2 is 1.68 bits per heavy atom. The number of rotatable bonds is 6. The van der Waals surface area contributed by atoms with Crippen molar-refractivity contribution < 1.29 is 19.5 Å². The molecule has 0 radical (unpaired) electrons. The van der Waals surface area contributed by atoms with E-state index in [1.54, 1.807) is 0 Å². The SMILES string of the molecule is ON=Cc1ccc[n+](CCC(Br)[n+]2cccc(C=NO)c2)c1. The molecule has 114 valence electrons. The summed E-state index contributed by atoms with van der Waals surface area (Å²) in [6, 6.07) is 7.54. The fourth-order valence-corrected chi connectivity index (χ4v) is 2.52. The number of aryl methyl sites for hydroxylation is 1. The van der Waals surface area contributed by atoms with Crippen molar-refractivity contribution in [1.82, 2.24) is 0 Å². The Morgan fingerprint density at radius 3 is 2.36 bits per heavy atom. The monoisotopic (exact) mass is 364 g/mol. The molecule has 2 heterocycles. The minimum Gasteiger partial charge on any atom is -0.411 e. The summed E-state index contributed by atoms with van der Waals surface area (Å²) in [6.45, 7) is 0.800. The van der Waals surface area contributed by atoms with Gasteiger partial charge in [-0.15, -0.1) is 0 Å². The molecule has 2 aromatic rings. The maximum absolute atomic E-state index is 8.59. The van der Waals surface area contributed by atoms with E-state index in [0.717, 1.165) is 24.1 Å². The summed E-state index contributed by atoms with van der Waals surface area (Å²) < 4.78 is 4.04. The van der Waals surface area contributed by atoms with Gasteiger partial charge < -0.3 is 10.4 Å². The highest BCUT2D eigenvalue weighted by Gasteiger charge is 2.17. The first kappa shape index (κ1) is 16.1. The van der Waals surface area contributed by atoms with Crippen LogP contribution in [0, 0.1) is 0 Å². The van der Waals surface area contributed by atoms with Crippen LogP contribution in [0.2, 0.25) is 0 Å². The summed E-state index contributed by atoms with van der Waals surface area (Å²) in [7, 11) is 0. The van der Waals surface area contributed by atoms with Crippen LogP contribution >= 0.6 is 15.9 Å². The van der Waals surface area contributed by atoms with Crippen molar-refractivity contribution in [2.75, 3.05) is 0 Å². The third kappa shape index (κ3) is 4.63. The molecule has 0 fully saturated rings. The standard InChI is InChI=1S/C15H15BrN4O2/c16-15(20-7-2-4-14(12-20)10-18-22)5-8-19-6-1-3-13(11-19)9-17-21/h1-4,6-7,9-12,15H,5,8H2/p+2. The van der Waals surface area contributed by atoms with Crippen molar-refractivity contribution in [3.8, 4) is 0 Å². The van der Waals surface area contributed by atoms with Crippen molar-refractivity contribution in [2.24, 2.45) is 10.3 Å². The molecule has 6 nitrogen and oxygen atoms in total. The summed E-state index contributed by atoms with van der Waals surface area (Å²) in [5.41, 5.74) is 1.66. The molecule has 1 unspecified atom stereocenters. The van der Waals surface area contributed by atoms with Crippen LogP contribution in [0.15, 0.2) is 59.4 Å². The minimum atomic E-state index is 0.113. The maximum Gasteiger partial charge on any atom is 0.218 e. The average Bonchev–Trinajstić information content (AvgIpc) is 2.54. The van der Waals surface area contributed by atoms with Gasteiger partial charge in [-0.2, -0.15) is 4.57 Å². The number of aromatic nitrogens is 2. The molecule has 0 aliphatic heterocycles. The molecular formula is C15H17BrN4O2+2. The molecule has 0 aliphatic carbocycles. The van der Waals surface area contributed by atoms with Crippen LogP contribution in [0.1, 0.15) is 22.5 Å². The highest BCUT2D eigenvalue weighted by Crippen LogP contribution is 2.11. The Kier molecular flexibility index (Phi) is 6.02. The van der Waals surface area contributed by atoms with Crippen LogP contribution in [0.4, 0.5) is 0 Å². The lowest BCUT2D eigenvalue weighted by atomic mass is 10.3. The summed E-state index contributed by atoms with van der Waals surface area (Å²) in [4.78, 5) is 0.113. The third-order valence-corrected chi connectivity index (χ3v) is 4.02. The van der Waals surface area contributed by atoms with E-state index in [-0.39, 0.29) is 4.95 Å². The van der Waals surface area contributed by atoms with E-state index < -0.39 is 0 Å². The zero-order valence-electron chi connectivity index (χ0n) is 11.8. The molecule has 0 saturated heterocycles. The van der Waals surface area contributed by atoms with Crippen molar-refractivity contribution in [1.29, 1.82) is 0 Å². The Morgan fingerprint density at radius 1 is 1.05 bits per heavy atom. The fourth-order valence-electron chi connectivity index (χ4n) is 2.06. The van der Waals surface area contributed by atoms with E-state index in [1.807, 2.05) is 58.2 Å². The van der Waals surface area contributed by atoms with Gasteiger partial charge in [-0.25, -0.2) is 4.57 Å². The molecular weight excluding hydrogens is 348 g/mol. The molecule has 2 N–H and O–H groups in total. The molecule has 1 atom stereocenters. The highest BCUT2D eigenvalue weighted by molar-refractivity contribution is 9.09. The molecule has 0 saturated carbocycles. The van der Waals surface area contributed by atoms with Crippen LogP contribution < -0.4 is 9.13 Å². The molecule has 22 heavy (non-hydrogen) atoms. The van der Waals surface area contributed by atoms with Gasteiger partial charge in [0.05, 0.1) is 30.0 Å². The number of oxime groups is 2. The van der Waals surface area contributed by atoms with Crippen molar-refractivity contribution in [3.63, 3.8) is 0 Å². The number of hydrogen-bond acceptors (Lipinski definition) is 4. The van der Waals surface area contributed by atoms with E-state index in [1.165, 1.54) is 12.4 Å². The molecule has 2 aromatic heterocycles.